The molecule has 1 aromatic carbocycles. The Morgan fingerprint density at radius 3 is 2.61 bits per heavy atom. The van der Waals surface area contributed by atoms with E-state index in [9.17, 15) is 0 Å². The summed E-state index contributed by atoms with van der Waals surface area (Å²) in [4.78, 5) is 4.79. The van der Waals surface area contributed by atoms with Crippen molar-refractivity contribution in [2.45, 2.75) is 39.2 Å². The number of fused-ring (bicyclic) bond motifs is 1. The van der Waals surface area contributed by atoms with E-state index in [1.165, 1.54) is 11.3 Å². The van der Waals surface area contributed by atoms with Crippen molar-refractivity contribution >= 4 is 11.0 Å². The number of aromatic nitrogens is 2. The summed E-state index contributed by atoms with van der Waals surface area (Å²) in [5.74, 6) is 1.19. The summed E-state index contributed by atoms with van der Waals surface area (Å²) in [6.45, 7) is 7.75. The van der Waals surface area contributed by atoms with E-state index < -0.39 is 0 Å². The van der Waals surface area contributed by atoms with Gasteiger partial charge in [0.05, 0.1) is 11.0 Å². The minimum Gasteiger partial charge on any atom is -0.323 e. The van der Waals surface area contributed by atoms with Crippen LogP contribution in [0.2, 0.25) is 0 Å². The highest BCUT2D eigenvalue weighted by atomic mass is 15.1. The standard InChI is InChI=1S/C15H23N3/c1-15(2,3)18-13-9-6-5-8-12(13)17-14(18)10-7-11-16-4/h5-6,8-9,16H,7,10-11H2,1-4H3. The predicted molar refractivity (Wildman–Crippen MR) is 77.0 cm³/mol. The number of nitrogens with zero attached hydrogens (tertiary/aromatic N) is 2. The molecule has 18 heavy (non-hydrogen) atoms. The van der Waals surface area contributed by atoms with Crippen LogP contribution in [-0.2, 0) is 12.0 Å². The maximum Gasteiger partial charge on any atom is 0.110 e. The quantitative estimate of drug-likeness (QED) is 0.839. The topological polar surface area (TPSA) is 29.9 Å². The largest absolute Gasteiger partial charge is 0.323 e. The first-order valence-electron chi connectivity index (χ1n) is 6.65. The fourth-order valence-corrected chi connectivity index (χ4v) is 2.42. The number of nitrogens with one attached hydrogen (secondary N) is 1. The number of para-hydroxylation sites is 2. The highest BCUT2D eigenvalue weighted by Gasteiger charge is 2.20. The van der Waals surface area contributed by atoms with Gasteiger partial charge in [-0.2, -0.15) is 0 Å². The molecule has 0 saturated heterocycles. The SMILES string of the molecule is CNCCCc1nc2ccccc2n1C(C)(C)C. The zero-order valence-corrected chi connectivity index (χ0v) is 11.8. The molecule has 2 rings (SSSR count). The minimum atomic E-state index is 0.0745. The van der Waals surface area contributed by atoms with Gasteiger partial charge in [-0.3, -0.25) is 0 Å². The van der Waals surface area contributed by atoms with Crippen LogP contribution in [0.1, 0.15) is 33.0 Å². The van der Waals surface area contributed by atoms with E-state index in [1.54, 1.807) is 0 Å². The maximum atomic E-state index is 4.79. The molecular weight excluding hydrogens is 222 g/mol. The Labute approximate surface area is 109 Å². The van der Waals surface area contributed by atoms with Crippen LogP contribution in [0.15, 0.2) is 24.3 Å². The molecule has 1 N–H and O–H groups in total. The average Bonchev–Trinajstić information content (AvgIpc) is 2.67. The Kier molecular flexibility index (Phi) is 3.71. The van der Waals surface area contributed by atoms with Crippen molar-refractivity contribution < 1.29 is 0 Å². The van der Waals surface area contributed by atoms with Gasteiger partial charge >= 0.3 is 0 Å². The van der Waals surface area contributed by atoms with Gasteiger partial charge in [0.15, 0.2) is 0 Å². The van der Waals surface area contributed by atoms with Crippen LogP contribution in [0.5, 0.6) is 0 Å². The molecule has 0 fully saturated rings. The molecule has 0 unspecified atom stereocenters. The van der Waals surface area contributed by atoms with Crippen LogP contribution in [-0.4, -0.2) is 23.1 Å². The number of imidazole rings is 1. The Morgan fingerprint density at radius 1 is 1.22 bits per heavy atom. The summed E-state index contributed by atoms with van der Waals surface area (Å²) < 4.78 is 2.37. The van der Waals surface area contributed by atoms with Crippen LogP contribution in [0.4, 0.5) is 0 Å². The van der Waals surface area contributed by atoms with Gasteiger partial charge < -0.3 is 9.88 Å². The van der Waals surface area contributed by atoms with Gasteiger partial charge in [0.25, 0.3) is 0 Å². The van der Waals surface area contributed by atoms with Gasteiger partial charge in [-0.25, -0.2) is 4.98 Å². The molecule has 0 bridgehead atoms. The lowest BCUT2D eigenvalue weighted by molar-refractivity contribution is 0.392. The molecule has 1 heterocycles. The summed E-state index contributed by atoms with van der Waals surface area (Å²) in [5, 5.41) is 3.19. The fourth-order valence-electron chi connectivity index (χ4n) is 2.42. The summed E-state index contributed by atoms with van der Waals surface area (Å²) in [6.07, 6.45) is 2.14. The number of rotatable bonds is 4. The van der Waals surface area contributed by atoms with Gasteiger partial charge in [-0.1, -0.05) is 12.1 Å². The number of hydrogen-bond donors (Lipinski definition) is 1. The third-order valence-corrected chi connectivity index (χ3v) is 3.13. The molecule has 0 radical (unpaired) electrons. The van der Waals surface area contributed by atoms with Crippen LogP contribution in [0.25, 0.3) is 11.0 Å². The van der Waals surface area contributed by atoms with Gasteiger partial charge in [0.2, 0.25) is 0 Å². The van der Waals surface area contributed by atoms with Crippen molar-refractivity contribution in [1.82, 2.24) is 14.9 Å². The van der Waals surface area contributed by atoms with Crippen LogP contribution < -0.4 is 5.32 Å². The number of aryl methyl sites for hydroxylation is 1. The van der Waals surface area contributed by atoms with Crippen molar-refractivity contribution in [3.05, 3.63) is 30.1 Å². The maximum absolute atomic E-state index is 4.79. The second-order valence-electron chi connectivity index (χ2n) is 5.73. The molecule has 98 valence electrons. The minimum absolute atomic E-state index is 0.0745. The molecule has 3 nitrogen and oxygen atoms in total. The first-order valence-corrected chi connectivity index (χ1v) is 6.65. The first kappa shape index (κ1) is 13.1. The van der Waals surface area contributed by atoms with Crippen molar-refractivity contribution in [3.8, 4) is 0 Å². The second kappa shape index (κ2) is 5.11. The second-order valence-corrected chi connectivity index (χ2v) is 5.73. The van der Waals surface area contributed by atoms with Crippen LogP contribution in [0.3, 0.4) is 0 Å². The lowest BCUT2D eigenvalue weighted by atomic mass is 10.1. The van der Waals surface area contributed by atoms with E-state index >= 15 is 0 Å². The Morgan fingerprint density at radius 2 is 1.94 bits per heavy atom. The van der Waals surface area contributed by atoms with Crippen LogP contribution in [0, 0.1) is 0 Å². The number of hydrogen-bond acceptors (Lipinski definition) is 2. The fraction of sp³-hybridized carbons (Fsp3) is 0.533. The van der Waals surface area contributed by atoms with E-state index in [2.05, 4.69) is 54.9 Å². The number of benzene rings is 1. The van der Waals surface area contributed by atoms with Gasteiger partial charge in [0, 0.05) is 12.0 Å². The molecule has 0 aliphatic heterocycles. The Balaban J connectivity index is 2.44. The first-order chi connectivity index (χ1) is 8.54. The van der Waals surface area contributed by atoms with Gasteiger partial charge in [0.1, 0.15) is 5.82 Å². The van der Waals surface area contributed by atoms with Gasteiger partial charge in [-0.15, -0.1) is 0 Å². The Hall–Kier alpha value is -1.35. The van der Waals surface area contributed by atoms with Crippen molar-refractivity contribution in [2.75, 3.05) is 13.6 Å². The molecule has 3 heteroatoms. The third-order valence-electron chi connectivity index (χ3n) is 3.13. The van der Waals surface area contributed by atoms with Gasteiger partial charge in [-0.05, 0) is 52.9 Å². The molecular formula is C15H23N3. The molecule has 0 saturated carbocycles. The van der Waals surface area contributed by atoms with E-state index in [0.717, 1.165) is 24.9 Å². The molecule has 1 aromatic heterocycles. The lowest BCUT2D eigenvalue weighted by Gasteiger charge is -2.24. The zero-order valence-electron chi connectivity index (χ0n) is 11.8. The zero-order chi connectivity index (χ0) is 13.2. The summed E-state index contributed by atoms with van der Waals surface area (Å²) in [5.41, 5.74) is 2.42. The normalized spacial score (nSPS) is 12.2. The van der Waals surface area contributed by atoms with Crippen LogP contribution >= 0.6 is 0 Å². The monoisotopic (exact) mass is 245 g/mol. The van der Waals surface area contributed by atoms with E-state index in [1.807, 2.05) is 7.05 Å². The summed E-state index contributed by atoms with van der Waals surface area (Å²) >= 11 is 0. The average molecular weight is 245 g/mol. The highest BCUT2D eigenvalue weighted by molar-refractivity contribution is 5.76. The Bertz CT molecular complexity index is 520. The predicted octanol–water partition coefficient (Wildman–Crippen LogP) is 2.94. The molecule has 0 aliphatic carbocycles. The van der Waals surface area contributed by atoms with E-state index in [4.69, 9.17) is 4.98 Å². The molecule has 0 amide bonds. The summed E-state index contributed by atoms with van der Waals surface area (Å²) in [6, 6.07) is 8.40. The highest BCUT2D eigenvalue weighted by Crippen LogP contribution is 2.25. The van der Waals surface area contributed by atoms with E-state index in [-0.39, 0.29) is 5.54 Å². The summed E-state index contributed by atoms with van der Waals surface area (Å²) in [7, 11) is 1.99. The molecule has 2 aromatic rings. The van der Waals surface area contributed by atoms with Crippen molar-refractivity contribution in [3.63, 3.8) is 0 Å². The third kappa shape index (κ3) is 2.56. The smallest absolute Gasteiger partial charge is 0.110 e. The lowest BCUT2D eigenvalue weighted by Crippen LogP contribution is -2.24. The molecule has 0 atom stereocenters. The molecule has 0 aliphatic rings. The van der Waals surface area contributed by atoms with Crippen molar-refractivity contribution in [1.29, 1.82) is 0 Å². The van der Waals surface area contributed by atoms with Crippen molar-refractivity contribution in [2.24, 2.45) is 0 Å². The molecule has 0 spiro atoms. The van der Waals surface area contributed by atoms with E-state index in [0.29, 0.717) is 0 Å².